The van der Waals surface area contributed by atoms with Crippen LogP contribution < -0.4 is 10.6 Å². The van der Waals surface area contributed by atoms with Crippen LogP contribution in [0.2, 0.25) is 5.02 Å². The number of hydrogen-bond acceptors (Lipinski definition) is 2. The minimum Gasteiger partial charge on any atom is -0.382 e. The largest absolute Gasteiger partial charge is 0.382 e. The molecular formula is C17H19ClN2O. The summed E-state index contributed by atoms with van der Waals surface area (Å²) >= 11 is 6.08. The van der Waals surface area contributed by atoms with Gasteiger partial charge in [0.2, 0.25) is 0 Å². The molecule has 110 valence electrons. The lowest BCUT2D eigenvalue weighted by atomic mass is 10.1. The molecule has 3 nitrogen and oxygen atoms in total. The van der Waals surface area contributed by atoms with Crippen LogP contribution in [0.4, 0.5) is 11.4 Å². The van der Waals surface area contributed by atoms with Gasteiger partial charge in [-0.05, 0) is 50.6 Å². The van der Waals surface area contributed by atoms with Crippen LogP contribution >= 0.6 is 11.6 Å². The van der Waals surface area contributed by atoms with Gasteiger partial charge >= 0.3 is 0 Å². The van der Waals surface area contributed by atoms with Crippen LogP contribution in [0, 0.1) is 6.92 Å². The Morgan fingerprint density at radius 2 is 1.71 bits per heavy atom. The molecular weight excluding hydrogens is 284 g/mol. The molecule has 2 rings (SSSR count). The first kappa shape index (κ1) is 15.4. The molecule has 0 heterocycles. The molecule has 0 unspecified atom stereocenters. The maximum atomic E-state index is 12.5. The molecule has 0 atom stereocenters. The lowest BCUT2D eigenvalue weighted by molar-refractivity contribution is 0.102. The van der Waals surface area contributed by atoms with Crippen molar-refractivity contribution in [2.75, 3.05) is 10.6 Å². The van der Waals surface area contributed by atoms with Gasteiger partial charge in [0.25, 0.3) is 5.91 Å². The second-order valence-electron chi connectivity index (χ2n) is 5.21. The van der Waals surface area contributed by atoms with Gasteiger partial charge in [-0.15, -0.1) is 0 Å². The van der Waals surface area contributed by atoms with Crippen molar-refractivity contribution in [3.63, 3.8) is 0 Å². The van der Waals surface area contributed by atoms with E-state index in [9.17, 15) is 4.79 Å². The molecule has 0 bridgehead atoms. The van der Waals surface area contributed by atoms with Crippen molar-refractivity contribution in [3.8, 4) is 0 Å². The van der Waals surface area contributed by atoms with Crippen molar-refractivity contribution in [1.82, 2.24) is 0 Å². The molecule has 2 aromatic carbocycles. The van der Waals surface area contributed by atoms with Crippen LogP contribution in [-0.2, 0) is 0 Å². The van der Waals surface area contributed by atoms with E-state index in [-0.39, 0.29) is 11.9 Å². The number of carbonyl (C=O) groups excluding carboxylic acids is 1. The minimum absolute atomic E-state index is 0.149. The Morgan fingerprint density at radius 1 is 1.05 bits per heavy atom. The van der Waals surface area contributed by atoms with E-state index in [1.54, 1.807) is 12.1 Å². The highest BCUT2D eigenvalue weighted by Gasteiger charge is 2.13. The molecule has 0 aromatic heterocycles. The Labute approximate surface area is 130 Å². The number of carbonyl (C=O) groups is 1. The van der Waals surface area contributed by atoms with Crippen molar-refractivity contribution in [1.29, 1.82) is 0 Å². The Bertz CT molecular complexity index is 653. The zero-order valence-corrected chi connectivity index (χ0v) is 13.2. The smallest absolute Gasteiger partial charge is 0.257 e. The number of hydrogen-bond donors (Lipinski definition) is 2. The first-order chi connectivity index (χ1) is 9.99. The van der Waals surface area contributed by atoms with Gasteiger partial charge in [0.05, 0.1) is 5.56 Å². The highest BCUT2D eigenvalue weighted by Crippen LogP contribution is 2.24. The highest BCUT2D eigenvalue weighted by molar-refractivity contribution is 6.31. The Morgan fingerprint density at radius 3 is 2.43 bits per heavy atom. The number of nitrogens with one attached hydrogen (secondary N) is 2. The minimum atomic E-state index is -0.149. The fourth-order valence-corrected chi connectivity index (χ4v) is 2.23. The molecule has 2 aromatic rings. The molecule has 0 aliphatic carbocycles. The van der Waals surface area contributed by atoms with Crippen LogP contribution in [0.5, 0.6) is 0 Å². The van der Waals surface area contributed by atoms with Gasteiger partial charge < -0.3 is 10.6 Å². The number of anilines is 2. The summed E-state index contributed by atoms with van der Waals surface area (Å²) in [7, 11) is 0. The van der Waals surface area contributed by atoms with Gasteiger partial charge in [0, 0.05) is 22.4 Å². The van der Waals surface area contributed by atoms with Crippen molar-refractivity contribution >= 4 is 28.9 Å². The second-order valence-corrected chi connectivity index (χ2v) is 5.62. The van der Waals surface area contributed by atoms with Gasteiger partial charge in [-0.3, -0.25) is 4.79 Å². The van der Waals surface area contributed by atoms with Crippen LogP contribution in [0.25, 0.3) is 0 Å². The van der Waals surface area contributed by atoms with E-state index in [1.807, 2.05) is 51.1 Å². The van der Waals surface area contributed by atoms with Crippen LogP contribution in [0.3, 0.4) is 0 Å². The normalized spacial score (nSPS) is 10.5. The lowest BCUT2D eigenvalue weighted by Gasteiger charge is -2.15. The van der Waals surface area contributed by atoms with Gasteiger partial charge in [0.15, 0.2) is 0 Å². The summed E-state index contributed by atoms with van der Waals surface area (Å²) in [6.07, 6.45) is 0. The fraction of sp³-hybridized carbons (Fsp3) is 0.235. The third-order valence-electron chi connectivity index (χ3n) is 3.13. The average Bonchev–Trinajstić information content (AvgIpc) is 2.44. The average molecular weight is 303 g/mol. The maximum absolute atomic E-state index is 12.5. The summed E-state index contributed by atoms with van der Waals surface area (Å²) in [6, 6.07) is 13.2. The van der Waals surface area contributed by atoms with Crippen molar-refractivity contribution < 1.29 is 4.79 Å². The SMILES string of the molecule is Cc1c(Cl)cccc1NC(=O)c1ccccc1NC(C)C. The third kappa shape index (κ3) is 3.76. The Balaban J connectivity index is 2.27. The predicted molar refractivity (Wildman–Crippen MR) is 89.3 cm³/mol. The second kappa shape index (κ2) is 6.64. The summed E-state index contributed by atoms with van der Waals surface area (Å²) in [5.41, 5.74) is 3.03. The quantitative estimate of drug-likeness (QED) is 0.858. The first-order valence-electron chi connectivity index (χ1n) is 6.91. The molecule has 0 aliphatic heterocycles. The van der Waals surface area contributed by atoms with Gasteiger partial charge in [0.1, 0.15) is 0 Å². The van der Waals surface area contributed by atoms with E-state index in [0.29, 0.717) is 10.6 Å². The molecule has 0 aliphatic rings. The molecule has 0 radical (unpaired) electrons. The van der Waals surface area contributed by atoms with E-state index < -0.39 is 0 Å². The molecule has 0 spiro atoms. The predicted octanol–water partition coefficient (Wildman–Crippen LogP) is 4.72. The molecule has 0 saturated heterocycles. The first-order valence-corrected chi connectivity index (χ1v) is 7.29. The third-order valence-corrected chi connectivity index (χ3v) is 3.54. The van der Waals surface area contributed by atoms with Gasteiger partial charge in [-0.1, -0.05) is 29.8 Å². The molecule has 2 N–H and O–H groups in total. The van der Waals surface area contributed by atoms with E-state index in [1.165, 1.54) is 0 Å². The van der Waals surface area contributed by atoms with Crippen molar-refractivity contribution in [2.45, 2.75) is 26.8 Å². The number of halogens is 1. The number of benzene rings is 2. The highest BCUT2D eigenvalue weighted by atomic mass is 35.5. The summed E-state index contributed by atoms with van der Waals surface area (Å²) in [6.45, 7) is 5.96. The summed E-state index contributed by atoms with van der Waals surface area (Å²) in [5.74, 6) is -0.149. The topological polar surface area (TPSA) is 41.1 Å². The van der Waals surface area contributed by atoms with Gasteiger partial charge in [-0.25, -0.2) is 0 Å². The summed E-state index contributed by atoms with van der Waals surface area (Å²) in [5, 5.41) is 6.84. The molecule has 4 heteroatoms. The summed E-state index contributed by atoms with van der Waals surface area (Å²) < 4.78 is 0. The van der Waals surface area contributed by atoms with Crippen LogP contribution in [-0.4, -0.2) is 11.9 Å². The molecule has 21 heavy (non-hydrogen) atoms. The summed E-state index contributed by atoms with van der Waals surface area (Å²) in [4.78, 5) is 12.5. The number of rotatable bonds is 4. The Kier molecular flexibility index (Phi) is 4.86. The van der Waals surface area contributed by atoms with E-state index in [2.05, 4.69) is 10.6 Å². The number of amides is 1. The maximum Gasteiger partial charge on any atom is 0.257 e. The fourth-order valence-electron chi connectivity index (χ4n) is 2.05. The van der Waals surface area contributed by atoms with Crippen LogP contribution in [0.1, 0.15) is 29.8 Å². The molecule has 1 amide bonds. The van der Waals surface area contributed by atoms with Crippen LogP contribution in [0.15, 0.2) is 42.5 Å². The lowest BCUT2D eigenvalue weighted by Crippen LogP contribution is -2.18. The monoisotopic (exact) mass is 302 g/mol. The van der Waals surface area contributed by atoms with Crippen molar-refractivity contribution in [3.05, 3.63) is 58.6 Å². The van der Waals surface area contributed by atoms with E-state index in [0.717, 1.165) is 16.9 Å². The van der Waals surface area contributed by atoms with Crippen molar-refractivity contribution in [2.24, 2.45) is 0 Å². The van der Waals surface area contributed by atoms with Gasteiger partial charge in [-0.2, -0.15) is 0 Å². The zero-order chi connectivity index (χ0) is 15.4. The number of para-hydroxylation sites is 1. The Hall–Kier alpha value is -2.00. The molecule has 0 fully saturated rings. The van der Waals surface area contributed by atoms with E-state index >= 15 is 0 Å². The zero-order valence-electron chi connectivity index (χ0n) is 12.4. The standard InChI is InChI=1S/C17H19ClN2O/c1-11(2)19-16-9-5-4-7-13(16)17(21)20-15-10-6-8-14(18)12(15)3/h4-11,19H,1-3H3,(H,20,21). The van der Waals surface area contributed by atoms with E-state index in [4.69, 9.17) is 11.6 Å². The molecule has 0 saturated carbocycles.